The topological polar surface area (TPSA) is 73.7 Å². The van der Waals surface area contributed by atoms with Crippen LogP contribution in [-0.4, -0.2) is 52.5 Å². The largest absolute Gasteiger partial charge is 0.497 e. The van der Waals surface area contributed by atoms with Crippen LogP contribution < -0.4 is 4.74 Å². The number of ether oxygens (including phenoxy) is 2. The number of fused-ring (bicyclic) bond motifs is 1. The van der Waals surface area contributed by atoms with Crippen molar-refractivity contribution in [2.24, 2.45) is 0 Å². The van der Waals surface area contributed by atoms with Crippen molar-refractivity contribution in [2.45, 2.75) is 5.16 Å². The van der Waals surface area contributed by atoms with Gasteiger partial charge in [-0.2, -0.15) is 0 Å². The second-order valence-corrected chi connectivity index (χ2v) is 6.81. The number of nitrogens with zero attached hydrogens (tertiary/aromatic N) is 3. The molecule has 0 atom stereocenters. The summed E-state index contributed by atoms with van der Waals surface area (Å²) in [5.41, 5.74) is 2.70. The molecule has 7 nitrogen and oxygen atoms in total. The average molecular weight is 383 g/mol. The van der Waals surface area contributed by atoms with Crippen molar-refractivity contribution in [3.63, 3.8) is 0 Å². The van der Waals surface area contributed by atoms with Crippen LogP contribution in [0.15, 0.2) is 53.7 Å². The first-order valence-corrected chi connectivity index (χ1v) is 9.38. The number of imidazole rings is 1. The van der Waals surface area contributed by atoms with E-state index in [1.165, 1.54) is 11.8 Å². The van der Waals surface area contributed by atoms with E-state index >= 15 is 0 Å². The maximum atomic E-state index is 12.3. The van der Waals surface area contributed by atoms with E-state index in [4.69, 9.17) is 9.47 Å². The lowest BCUT2D eigenvalue weighted by Gasteiger charge is -2.12. The summed E-state index contributed by atoms with van der Waals surface area (Å²) >= 11 is 1.30. The SMILES string of the molecule is COc1ccc(-n2c(SCC(=O)N3CCOC3=O)nc3ccccc32)cc1. The normalized spacial score (nSPS) is 13.8. The second kappa shape index (κ2) is 7.32. The molecule has 138 valence electrons. The number of thioether (sulfide) groups is 1. The van der Waals surface area contributed by atoms with Gasteiger partial charge >= 0.3 is 6.09 Å². The summed E-state index contributed by atoms with van der Waals surface area (Å²) in [6.45, 7) is 0.548. The molecule has 1 aliphatic rings. The average Bonchev–Trinajstić information content (AvgIpc) is 3.29. The molecule has 2 aromatic carbocycles. The Kier molecular flexibility index (Phi) is 4.72. The highest BCUT2D eigenvalue weighted by atomic mass is 32.2. The predicted molar refractivity (Wildman–Crippen MR) is 101 cm³/mol. The third-order valence-electron chi connectivity index (χ3n) is 4.25. The molecule has 4 rings (SSSR count). The van der Waals surface area contributed by atoms with Crippen LogP contribution in [0.2, 0.25) is 0 Å². The number of amides is 2. The molecule has 0 saturated carbocycles. The molecule has 0 N–H and O–H groups in total. The number of hydrogen-bond acceptors (Lipinski definition) is 6. The number of carbonyl (C=O) groups is 2. The van der Waals surface area contributed by atoms with Gasteiger partial charge in [-0.3, -0.25) is 9.36 Å². The van der Waals surface area contributed by atoms with Gasteiger partial charge in [0.15, 0.2) is 5.16 Å². The number of benzene rings is 2. The maximum absolute atomic E-state index is 12.3. The molecular formula is C19H17N3O4S. The summed E-state index contributed by atoms with van der Waals surface area (Å²) in [7, 11) is 1.62. The van der Waals surface area contributed by atoms with Crippen LogP contribution >= 0.6 is 11.8 Å². The van der Waals surface area contributed by atoms with Crippen molar-refractivity contribution >= 4 is 34.8 Å². The van der Waals surface area contributed by atoms with Gasteiger partial charge in [0.1, 0.15) is 12.4 Å². The molecule has 0 bridgehead atoms. The summed E-state index contributed by atoms with van der Waals surface area (Å²) in [4.78, 5) is 29.7. The zero-order valence-electron chi connectivity index (χ0n) is 14.6. The fraction of sp³-hybridized carbons (Fsp3) is 0.211. The number of methoxy groups -OCH3 is 1. The van der Waals surface area contributed by atoms with Crippen molar-refractivity contribution in [2.75, 3.05) is 26.0 Å². The van der Waals surface area contributed by atoms with E-state index in [0.29, 0.717) is 11.7 Å². The minimum atomic E-state index is -0.579. The highest BCUT2D eigenvalue weighted by Gasteiger charge is 2.28. The van der Waals surface area contributed by atoms with Crippen LogP contribution in [-0.2, 0) is 9.53 Å². The molecule has 0 unspecified atom stereocenters. The lowest BCUT2D eigenvalue weighted by atomic mass is 10.2. The number of carbonyl (C=O) groups excluding carboxylic acids is 2. The summed E-state index contributed by atoms with van der Waals surface area (Å²) < 4.78 is 12.0. The van der Waals surface area contributed by atoms with Gasteiger partial charge in [0, 0.05) is 5.69 Å². The molecule has 1 saturated heterocycles. The van der Waals surface area contributed by atoms with Gasteiger partial charge in [-0.15, -0.1) is 0 Å². The smallest absolute Gasteiger partial charge is 0.416 e. The second-order valence-electron chi connectivity index (χ2n) is 5.86. The Bertz CT molecular complexity index is 1000. The van der Waals surface area contributed by atoms with Crippen LogP contribution in [0, 0.1) is 0 Å². The molecule has 1 aliphatic heterocycles. The molecule has 8 heteroatoms. The Balaban J connectivity index is 1.65. The molecule has 0 radical (unpaired) electrons. The van der Waals surface area contributed by atoms with Crippen molar-refractivity contribution < 1.29 is 19.1 Å². The fourth-order valence-corrected chi connectivity index (χ4v) is 3.81. The number of hydrogen-bond donors (Lipinski definition) is 0. The zero-order chi connectivity index (χ0) is 18.8. The first-order chi connectivity index (χ1) is 13.2. The van der Waals surface area contributed by atoms with Gasteiger partial charge < -0.3 is 9.47 Å². The van der Waals surface area contributed by atoms with Crippen molar-refractivity contribution in [3.05, 3.63) is 48.5 Å². The number of rotatable bonds is 5. The minimum Gasteiger partial charge on any atom is -0.497 e. The Labute approximate surface area is 159 Å². The van der Waals surface area contributed by atoms with Crippen molar-refractivity contribution in [3.8, 4) is 11.4 Å². The molecule has 0 spiro atoms. The first-order valence-electron chi connectivity index (χ1n) is 8.39. The molecule has 2 heterocycles. The monoisotopic (exact) mass is 383 g/mol. The van der Waals surface area contributed by atoms with E-state index in [2.05, 4.69) is 4.98 Å². The van der Waals surface area contributed by atoms with E-state index < -0.39 is 6.09 Å². The molecule has 1 aromatic heterocycles. The van der Waals surface area contributed by atoms with E-state index in [1.807, 2.05) is 53.1 Å². The number of imide groups is 1. The highest BCUT2D eigenvalue weighted by Crippen LogP contribution is 2.29. The fourth-order valence-electron chi connectivity index (χ4n) is 2.91. The van der Waals surface area contributed by atoms with Gasteiger partial charge in [-0.05, 0) is 36.4 Å². The molecule has 27 heavy (non-hydrogen) atoms. The number of aromatic nitrogens is 2. The molecule has 3 aromatic rings. The summed E-state index contributed by atoms with van der Waals surface area (Å²) in [6, 6.07) is 15.4. The predicted octanol–water partition coefficient (Wildman–Crippen LogP) is 3.11. The Morgan fingerprint density at radius 2 is 2.00 bits per heavy atom. The Morgan fingerprint density at radius 3 is 2.70 bits per heavy atom. The lowest BCUT2D eigenvalue weighted by molar-refractivity contribution is -0.125. The molecular weight excluding hydrogens is 366 g/mol. The third-order valence-corrected chi connectivity index (χ3v) is 5.17. The van der Waals surface area contributed by atoms with E-state index in [9.17, 15) is 9.59 Å². The van der Waals surface area contributed by atoms with Crippen LogP contribution in [0.1, 0.15) is 0 Å². The summed E-state index contributed by atoms with van der Waals surface area (Å²) in [5, 5.41) is 0.683. The van der Waals surface area contributed by atoms with Gasteiger partial charge in [-0.1, -0.05) is 23.9 Å². The van der Waals surface area contributed by atoms with Gasteiger partial charge in [0.25, 0.3) is 0 Å². The van der Waals surface area contributed by atoms with E-state index in [1.54, 1.807) is 7.11 Å². The number of cyclic esters (lactones) is 1. The van der Waals surface area contributed by atoms with Crippen LogP contribution in [0.25, 0.3) is 16.7 Å². The Hall–Kier alpha value is -3.00. The van der Waals surface area contributed by atoms with Crippen LogP contribution in [0.3, 0.4) is 0 Å². The molecule has 0 aliphatic carbocycles. The van der Waals surface area contributed by atoms with E-state index in [-0.39, 0.29) is 18.3 Å². The van der Waals surface area contributed by atoms with Crippen molar-refractivity contribution in [1.82, 2.24) is 14.5 Å². The van der Waals surface area contributed by atoms with Gasteiger partial charge in [0.05, 0.1) is 30.4 Å². The zero-order valence-corrected chi connectivity index (χ0v) is 15.4. The standard InChI is InChI=1S/C19H17N3O4S/c1-25-14-8-6-13(7-9-14)22-16-5-3-2-4-15(16)20-18(22)27-12-17(23)21-10-11-26-19(21)24/h2-9H,10-12H2,1H3. The van der Waals surface area contributed by atoms with Crippen molar-refractivity contribution in [1.29, 1.82) is 0 Å². The number of para-hydroxylation sites is 2. The molecule has 1 fully saturated rings. The first kappa shape index (κ1) is 17.4. The minimum absolute atomic E-state index is 0.106. The lowest BCUT2D eigenvalue weighted by Crippen LogP contribution is -2.33. The van der Waals surface area contributed by atoms with Crippen LogP contribution in [0.5, 0.6) is 5.75 Å². The maximum Gasteiger partial charge on any atom is 0.416 e. The summed E-state index contributed by atoms with van der Waals surface area (Å²) in [5.74, 6) is 0.588. The quantitative estimate of drug-likeness (QED) is 0.631. The van der Waals surface area contributed by atoms with E-state index in [0.717, 1.165) is 27.4 Å². The molecule has 2 amide bonds. The third kappa shape index (κ3) is 3.35. The van der Waals surface area contributed by atoms with Gasteiger partial charge in [-0.25, -0.2) is 14.7 Å². The van der Waals surface area contributed by atoms with Gasteiger partial charge in [0.2, 0.25) is 5.91 Å². The Morgan fingerprint density at radius 1 is 1.22 bits per heavy atom. The van der Waals surface area contributed by atoms with Crippen LogP contribution in [0.4, 0.5) is 4.79 Å². The highest BCUT2D eigenvalue weighted by molar-refractivity contribution is 7.99. The summed E-state index contributed by atoms with van der Waals surface area (Å²) in [6.07, 6.45) is -0.579.